The van der Waals surface area contributed by atoms with Crippen LogP contribution in [-0.2, 0) is 0 Å². The van der Waals surface area contributed by atoms with Gasteiger partial charge in [0.2, 0.25) is 0 Å². The minimum Gasteiger partial charge on any atom is -0.296 e. The van der Waals surface area contributed by atoms with Crippen LogP contribution in [0.3, 0.4) is 0 Å². The molecule has 100 valence electrons. The lowest BCUT2D eigenvalue weighted by molar-refractivity contribution is 0.0923. The highest BCUT2D eigenvalue weighted by molar-refractivity contribution is 14.1. The maximum atomic E-state index is 12.1. The van der Waals surface area contributed by atoms with Crippen LogP contribution >= 0.6 is 34.4 Å². The molecule has 2 nitrogen and oxygen atoms in total. The van der Waals surface area contributed by atoms with E-state index in [4.69, 9.17) is 0 Å². The van der Waals surface area contributed by atoms with Gasteiger partial charge in [-0.05, 0) is 67.1 Å². The fraction of sp³-hybridized carbons (Fsp3) is 0.500. The van der Waals surface area contributed by atoms with E-state index in [-0.39, 0.29) is 5.78 Å². The Hall–Kier alpha value is -0.0700. The first-order valence-electron chi connectivity index (χ1n) is 6.02. The van der Waals surface area contributed by atoms with Crippen LogP contribution in [0.1, 0.15) is 23.7 Å². The maximum absolute atomic E-state index is 12.1. The van der Waals surface area contributed by atoms with Gasteiger partial charge in [-0.15, -0.1) is 0 Å². The predicted octanol–water partition coefficient (Wildman–Crippen LogP) is 3.55. The Morgan fingerprint density at radius 2 is 2.00 bits per heavy atom. The average Bonchev–Trinajstić information content (AvgIpc) is 2.36. The van der Waals surface area contributed by atoms with Gasteiger partial charge in [0.1, 0.15) is 0 Å². The molecule has 0 bridgehead atoms. The first-order chi connectivity index (χ1) is 8.54. The fourth-order valence-electron chi connectivity index (χ4n) is 1.62. The molecule has 0 amide bonds. The topological polar surface area (TPSA) is 20.3 Å². The molecular weight excluding hydrogens is 357 g/mol. The van der Waals surface area contributed by atoms with Crippen molar-refractivity contribution in [3.63, 3.8) is 0 Å². The maximum Gasteiger partial charge on any atom is 0.176 e. The van der Waals surface area contributed by atoms with Crippen LogP contribution < -0.4 is 0 Å². The average molecular weight is 377 g/mol. The van der Waals surface area contributed by atoms with E-state index in [1.807, 2.05) is 43.1 Å². The molecule has 0 aliphatic heterocycles. The number of nitrogens with zero attached hydrogens (tertiary/aromatic N) is 1. The number of hydrogen-bond donors (Lipinski definition) is 0. The van der Waals surface area contributed by atoms with Gasteiger partial charge in [-0.2, -0.15) is 11.8 Å². The van der Waals surface area contributed by atoms with Gasteiger partial charge in [-0.1, -0.05) is 12.1 Å². The second kappa shape index (κ2) is 8.17. The summed E-state index contributed by atoms with van der Waals surface area (Å²) in [6.45, 7) is 2.67. The smallest absolute Gasteiger partial charge is 0.176 e. The fourth-order valence-corrected chi connectivity index (χ4v) is 2.55. The van der Waals surface area contributed by atoms with Crippen molar-refractivity contribution in [3.05, 3.63) is 33.4 Å². The molecule has 1 rings (SSSR count). The molecule has 0 aliphatic carbocycles. The minimum absolute atomic E-state index is 0.199. The number of benzene rings is 1. The van der Waals surface area contributed by atoms with E-state index < -0.39 is 0 Å². The second-order valence-corrected chi connectivity index (χ2v) is 6.71. The molecular formula is C14H20INOS. The molecule has 0 aliphatic rings. The lowest BCUT2D eigenvalue weighted by Crippen LogP contribution is -2.34. The third-order valence-electron chi connectivity index (χ3n) is 3.05. The van der Waals surface area contributed by atoms with E-state index in [0.29, 0.717) is 12.6 Å². The normalized spacial score (nSPS) is 12.7. The summed E-state index contributed by atoms with van der Waals surface area (Å²) in [7, 11) is 2.02. The van der Waals surface area contributed by atoms with Crippen molar-refractivity contribution in [1.82, 2.24) is 4.90 Å². The summed E-state index contributed by atoms with van der Waals surface area (Å²) in [6.07, 6.45) is 3.24. The largest absolute Gasteiger partial charge is 0.296 e. The van der Waals surface area contributed by atoms with E-state index in [1.54, 1.807) is 0 Å². The van der Waals surface area contributed by atoms with E-state index in [2.05, 4.69) is 40.7 Å². The zero-order valence-corrected chi connectivity index (χ0v) is 14.1. The summed E-state index contributed by atoms with van der Waals surface area (Å²) >= 11 is 4.10. The first kappa shape index (κ1) is 16.0. The van der Waals surface area contributed by atoms with Crippen LogP contribution in [0.15, 0.2) is 24.3 Å². The van der Waals surface area contributed by atoms with Crippen molar-refractivity contribution < 1.29 is 4.79 Å². The van der Waals surface area contributed by atoms with Gasteiger partial charge < -0.3 is 0 Å². The molecule has 1 unspecified atom stereocenters. The number of rotatable bonds is 7. The molecule has 1 aromatic carbocycles. The van der Waals surface area contributed by atoms with Crippen molar-refractivity contribution in [2.75, 3.05) is 25.6 Å². The van der Waals surface area contributed by atoms with Crippen molar-refractivity contribution in [3.8, 4) is 0 Å². The molecule has 0 saturated carbocycles. The zero-order chi connectivity index (χ0) is 13.5. The van der Waals surface area contributed by atoms with Gasteiger partial charge in [0.15, 0.2) is 5.78 Å². The highest BCUT2D eigenvalue weighted by Gasteiger charge is 2.14. The summed E-state index contributed by atoms with van der Waals surface area (Å²) in [6, 6.07) is 8.22. The summed E-state index contributed by atoms with van der Waals surface area (Å²) < 4.78 is 1.16. The lowest BCUT2D eigenvalue weighted by Gasteiger charge is -2.23. The van der Waals surface area contributed by atoms with Crippen LogP contribution in [0, 0.1) is 3.57 Å². The summed E-state index contributed by atoms with van der Waals surface area (Å²) in [5.41, 5.74) is 0.805. The molecule has 0 heterocycles. The molecule has 4 heteroatoms. The van der Waals surface area contributed by atoms with E-state index >= 15 is 0 Å². The van der Waals surface area contributed by atoms with E-state index in [0.717, 1.165) is 21.3 Å². The van der Waals surface area contributed by atoms with Crippen LogP contribution in [-0.4, -0.2) is 42.3 Å². The molecule has 0 radical (unpaired) electrons. The number of thioether (sulfide) groups is 1. The molecule has 0 spiro atoms. The molecule has 0 saturated heterocycles. The molecule has 0 aromatic heterocycles. The van der Waals surface area contributed by atoms with Gasteiger partial charge in [0, 0.05) is 15.2 Å². The van der Waals surface area contributed by atoms with Crippen molar-refractivity contribution in [1.29, 1.82) is 0 Å². The van der Waals surface area contributed by atoms with Gasteiger partial charge in [0.25, 0.3) is 0 Å². The van der Waals surface area contributed by atoms with Crippen LogP contribution in [0.4, 0.5) is 0 Å². The summed E-state index contributed by atoms with van der Waals surface area (Å²) in [4.78, 5) is 14.2. The number of carbonyl (C=O) groups is 1. The van der Waals surface area contributed by atoms with Crippen LogP contribution in [0.25, 0.3) is 0 Å². The Morgan fingerprint density at radius 1 is 1.39 bits per heavy atom. The van der Waals surface area contributed by atoms with Crippen molar-refractivity contribution in [2.45, 2.75) is 19.4 Å². The zero-order valence-electron chi connectivity index (χ0n) is 11.1. The third kappa shape index (κ3) is 5.28. The Kier molecular flexibility index (Phi) is 7.26. The number of halogens is 1. The van der Waals surface area contributed by atoms with Crippen LogP contribution in [0.2, 0.25) is 0 Å². The van der Waals surface area contributed by atoms with Gasteiger partial charge >= 0.3 is 0 Å². The molecule has 1 aromatic rings. The van der Waals surface area contributed by atoms with Crippen molar-refractivity contribution in [2.24, 2.45) is 0 Å². The molecule has 0 N–H and O–H groups in total. The Labute approximate surface area is 128 Å². The SMILES string of the molecule is CSCCC(C)N(C)CC(=O)c1ccc(I)cc1. The lowest BCUT2D eigenvalue weighted by atomic mass is 10.1. The number of likely N-dealkylation sites (N-methyl/N-ethyl adjacent to an activating group) is 1. The Balaban J connectivity index is 2.51. The van der Waals surface area contributed by atoms with Gasteiger partial charge in [-0.25, -0.2) is 0 Å². The summed E-state index contributed by atoms with van der Waals surface area (Å²) in [5, 5.41) is 0. The quantitative estimate of drug-likeness (QED) is 0.536. The number of ketones is 1. The standard InChI is InChI=1S/C14H20INOS/c1-11(8-9-18-3)16(2)10-14(17)12-4-6-13(15)7-5-12/h4-7,11H,8-10H2,1-3H3. The predicted molar refractivity (Wildman–Crippen MR) is 88.6 cm³/mol. The highest BCUT2D eigenvalue weighted by Crippen LogP contribution is 2.10. The van der Waals surface area contributed by atoms with E-state index in [9.17, 15) is 4.79 Å². The van der Waals surface area contributed by atoms with Crippen molar-refractivity contribution >= 4 is 40.1 Å². The highest BCUT2D eigenvalue weighted by atomic mass is 127. The van der Waals surface area contributed by atoms with Gasteiger partial charge in [0.05, 0.1) is 6.54 Å². The molecule has 0 fully saturated rings. The first-order valence-corrected chi connectivity index (χ1v) is 8.49. The molecule has 18 heavy (non-hydrogen) atoms. The molecule has 1 atom stereocenters. The Bertz CT molecular complexity index is 380. The second-order valence-electron chi connectivity index (χ2n) is 4.48. The number of Topliss-reactive ketones (excluding diaryl/α,β-unsaturated/α-hetero) is 1. The monoisotopic (exact) mass is 377 g/mol. The number of carbonyl (C=O) groups excluding carboxylic acids is 1. The Morgan fingerprint density at radius 3 is 2.56 bits per heavy atom. The van der Waals surface area contributed by atoms with Gasteiger partial charge in [-0.3, -0.25) is 9.69 Å². The van der Waals surface area contributed by atoms with Crippen LogP contribution in [0.5, 0.6) is 0 Å². The minimum atomic E-state index is 0.199. The summed E-state index contributed by atoms with van der Waals surface area (Å²) in [5.74, 6) is 1.34. The third-order valence-corrected chi connectivity index (χ3v) is 4.41. The van der Waals surface area contributed by atoms with E-state index in [1.165, 1.54) is 0 Å². The number of hydrogen-bond acceptors (Lipinski definition) is 3.